The molecular formula is C25H37NO11. The van der Waals surface area contributed by atoms with Crippen LogP contribution >= 0.6 is 0 Å². The molecule has 3 atom stereocenters. The van der Waals surface area contributed by atoms with Gasteiger partial charge in [0.25, 0.3) is 0 Å². The lowest BCUT2D eigenvalue weighted by Gasteiger charge is -2.26. The molecule has 2 unspecified atom stereocenters. The van der Waals surface area contributed by atoms with Crippen molar-refractivity contribution < 1.29 is 52.7 Å². The summed E-state index contributed by atoms with van der Waals surface area (Å²) >= 11 is 0. The molecule has 0 saturated carbocycles. The molecule has 0 fully saturated rings. The van der Waals surface area contributed by atoms with Gasteiger partial charge >= 0.3 is 24.4 Å². The van der Waals surface area contributed by atoms with Gasteiger partial charge in [0.15, 0.2) is 11.5 Å². The van der Waals surface area contributed by atoms with E-state index in [1.807, 2.05) is 0 Å². The van der Waals surface area contributed by atoms with Crippen molar-refractivity contribution in [3.63, 3.8) is 0 Å². The molecular weight excluding hydrogens is 490 g/mol. The van der Waals surface area contributed by atoms with Crippen LogP contribution in [0.25, 0.3) is 0 Å². The second-order valence-corrected chi connectivity index (χ2v) is 9.21. The Morgan fingerprint density at radius 3 is 1.95 bits per heavy atom. The number of carboxylic acids is 1. The Kier molecular flexibility index (Phi) is 12.7. The fraction of sp³-hybridized carbons (Fsp3) is 0.600. The zero-order valence-electron chi connectivity index (χ0n) is 22.1. The average Bonchev–Trinajstić information content (AvgIpc) is 2.79. The summed E-state index contributed by atoms with van der Waals surface area (Å²) in [7, 11) is 0. The van der Waals surface area contributed by atoms with Crippen LogP contribution in [0.5, 0.6) is 11.5 Å². The predicted molar refractivity (Wildman–Crippen MR) is 131 cm³/mol. The summed E-state index contributed by atoms with van der Waals surface area (Å²) in [4.78, 5) is 47.9. The zero-order valence-corrected chi connectivity index (χ0v) is 22.1. The van der Waals surface area contributed by atoms with Crippen molar-refractivity contribution >= 4 is 24.4 Å². The lowest BCUT2D eigenvalue weighted by Crippen LogP contribution is -2.38. The van der Waals surface area contributed by atoms with Crippen LogP contribution in [0.2, 0.25) is 0 Å². The number of carbonyl (C=O) groups excluding carboxylic acids is 3. The summed E-state index contributed by atoms with van der Waals surface area (Å²) in [6.45, 7) is 10.4. The molecule has 12 heteroatoms. The maximum Gasteiger partial charge on any atom is 0.513 e. The van der Waals surface area contributed by atoms with Crippen LogP contribution < -0.4 is 15.2 Å². The van der Waals surface area contributed by atoms with E-state index in [2.05, 4.69) is 0 Å². The van der Waals surface area contributed by atoms with Crippen molar-refractivity contribution in [2.45, 2.75) is 84.5 Å². The molecule has 0 aromatic heterocycles. The van der Waals surface area contributed by atoms with Gasteiger partial charge in [-0.15, -0.1) is 0 Å². The standard InChI is InChI=1S/C25H37NO11/c1-7-11-32-22(29)35-18-10-9-16(14-19(18)36-23(30)33-12-8-2)17(20(26)21(27)28)13-15(3)34-24(31)37-25(4,5)6/h9-10,14-15,17,20H,7-8,11-13,26H2,1-6H3,(H,27,28)/t15?,17?,20-/m0/s1. The third-order valence-corrected chi connectivity index (χ3v) is 4.62. The molecule has 37 heavy (non-hydrogen) atoms. The van der Waals surface area contributed by atoms with Crippen molar-refractivity contribution in [3.8, 4) is 11.5 Å². The Labute approximate surface area is 216 Å². The van der Waals surface area contributed by atoms with Gasteiger partial charge in [-0.25, -0.2) is 14.4 Å². The SMILES string of the molecule is CCCOC(=O)Oc1ccc(C(CC(C)OC(=O)OC(C)(C)C)[C@H](N)C(=O)O)cc1OC(=O)OCCC. The quantitative estimate of drug-likeness (QED) is 0.217. The van der Waals surface area contributed by atoms with E-state index in [4.69, 9.17) is 34.2 Å². The first-order valence-corrected chi connectivity index (χ1v) is 12.0. The highest BCUT2D eigenvalue weighted by atomic mass is 16.7. The first kappa shape index (κ1) is 31.5. The molecule has 1 aromatic rings. The van der Waals surface area contributed by atoms with Crippen LogP contribution in [0.4, 0.5) is 14.4 Å². The Balaban J connectivity index is 3.27. The molecule has 3 N–H and O–H groups in total. The van der Waals surface area contributed by atoms with Gasteiger partial charge in [-0.2, -0.15) is 0 Å². The van der Waals surface area contributed by atoms with E-state index in [1.165, 1.54) is 18.2 Å². The van der Waals surface area contributed by atoms with Crippen molar-refractivity contribution in [2.75, 3.05) is 13.2 Å². The molecule has 0 aliphatic heterocycles. The van der Waals surface area contributed by atoms with Crippen LogP contribution in [0.1, 0.15) is 72.3 Å². The van der Waals surface area contributed by atoms with E-state index < -0.39 is 48.1 Å². The van der Waals surface area contributed by atoms with Crippen molar-refractivity contribution in [3.05, 3.63) is 23.8 Å². The first-order valence-electron chi connectivity index (χ1n) is 12.0. The van der Waals surface area contributed by atoms with Gasteiger partial charge in [0.2, 0.25) is 0 Å². The molecule has 0 spiro atoms. The number of hydrogen-bond acceptors (Lipinski definition) is 11. The highest BCUT2D eigenvalue weighted by Crippen LogP contribution is 2.35. The van der Waals surface area contributed by atoms with Crippen LogP contribution in [0, 0.1) is 0 Å². The van der Waals surface area contributed by atoms with Crippen molar-refractivity contribution in [2.24, 2.45) is 5.73 Å². The van der Waals surface area contributed by atoms with Gasteiger partial charge in [-0.05, 0) is 64.7 Å². The van der Waals surface area contributed by atoms with Gasteiger partial charge in [0, 0.05) is 5.92 Å². The summed E-state index contributed by atoms with van der Waals surface area (Å²) < 4.78 is 30.6. The molecule has 0 aliphatic carbocycles. The van der Waals surface area contributed by atoms with Gasteiger partial charge in [-0.1, -0.05) is 19.9 Å². The smallest absolute Gasteiger partial charge is 0.480 e. The number of aliphatic carboxylic acids is 1. The van der Waals surface area contributed by atoms with E-state index in [0.29, 0.717) is 18.4 Å². The van der Waals surface area contributed by atoms with Gasteiger partial charge in [-0.3, -0.25) is 4.79 Å². The lowest BCUT2D eigenvalue weighted by atomic mass is 9.87. The first-order chi connectivity index (χ1) is 17.3. The second kappa shape index (κ2) is 14.9. The van der Waals surface area contributed by atoms with Gasteiger partial charge in [0.05, 0.1) is 13.2 Å². The van der Waals surface area contributed by atoms with Crippen LogP contribution in [0.15, 0.2) is 18.2 Å². The van der Waals surface area contributed by atoms with E-state index in [-0.39, 0.29) is 31.1 Å². The van der Waals surface area contributed by atoms with Gasteiger partial charge in [0.1, 0.15) is 17.7 Å². The van der Waals surface area contributed by atoms with E-state index in [9.17, 15) is 24.3 Å². The van der Waals surface area contributed by atoms with E-state index >= 15 is 0 Å². The molecule has 0 bridgehead atoms. The predicted octanol–water partition coefficient (Wildman–Crippen LogP) is 4.76. The zero-order chi connectivity index (χ0) is 28.2. The van der Waals surface area contributed by atoms with Crippen LogP contribution in [0.3, 0.4) is 0 Å². The van der Waals surface area contributed by atoms with E-state index in [0.717, 1.165) is 0 Å². The van der Waals surface area contributed by atoms with Crippen LogP contribution in [-0.4, -0.2) is 60.5 Å². The Morgan fingerprint density at radius 1 is 0.919 bits per heavy atom. The molecule has 1 aromatic carbocycles. The molecule has 208 valence electrons. The largest absolute Gasteiger partial charge is 0.513 e. The molecule has 1 rings (SSSR count). The third kappa shape index (κ3) is 11.8. The Hall–Kier alpha value is -3.54. The number of carboxylic acid groups (broad SMARTS) is 1. The summed E-state index contributed by atoms with van der Waals surface area (Å²) in [5.74, 6) is -2.57. The minimum absolute atomic E-state index is 0.00875. The number of benzene rings is 1. The molecule has 0 radical (unpaired) electrons. The fourth-order valence-electron chi connectivity index (χ4n) is 3.03. The minimum Gasteiger partial charge on any atom is -0.480 e. The molecule has 0 aliphatic rings. The maximum absolute atomic E-state index is 12.1. The molecule has 0 saturated heterocycles. The fourth-order valence-corrected chi connectivity index (χ4v) is 3.03. The Morgan fingerprint density at radius 2 is 1.46 bits per heavy atom. The summed E-state index contributed by atoms with van der Waals surface area (Å²) in [6.07, 6.45) is -2.66. The summed E-state index contributed by atoms with van der Waals surface area (Å²) in [5.41, 5.74) is 5.50. The second-order valence-electron chi connectivity index (χ2n) is 9.21. The summed E-state index contributed by atoms with van der Waals surface area (Å²) in [5, 5.41) is 9.58. The highest BCUT2D eigenvalue weighted by Gasteiger charge is 2.31. The molecule has 0 heterocycles. The topological polar surface area (TPSA) is 170 Å². The normalized spacial score (nSPS) is 13.5. The highest BCUT2D eigenvalue weighted by molar-refractivity contribution is 5.75. The average molecular weight is 528 g/mol. The minimum atomic E-state index is -1.41. The van der Waals surface area contributed by atoms with Crippen molar-refractivity contribution in [1.29, 1.82) is 0 Å². The molecule has 12 nitrogen and oxygen atoms in total. The van der Waals surface area contributed by atoms with Crippen molar-refractivity contribution in [1.82, 2.24) is 0 Å². The molecule has 0 amide bonds. The lowest BCUT2D eigenvalue weighted by molar-refractivity contribution is -0.139. The number of rotatable bonds is 12. The monoisotopic (exact) mass is 527 g/mol. The number of ether oxygens (including phenoxy) is 6. The third-order valence-electron chi connectivity index (χ3n) is 4.62. The van der Waals surface area contributed by atoms with Crippen LogP contribution in [-0.2, 0) is 23.7 Å². The Bertz CT molecular complexity index is 926. The summed E-state index contributed by atoms with van der Waals surface area (Å²) in [6, 6.07) is 2.67. The van der Waals surface area contributed by atoms with E-state index in [1.54, 1.807) is 41.5 Å². The number of nitrogens with two attached hydrogens (primary N) is 1. The number of hydrogen-bond donors (Lipinski definition) is 2. The van der Waals surface area contributed by atoms with Gasteiger partial charge < -0.3 is 39.3 Å². The maximum atomic E-state index is 12.1. The number of carbonyl (C=O) groups is 4.